The molecule has 0 saturated carbocycles. The zero-order chi connectivity index (χ0) is 14.8. The molecule has 2 nitrogen and oxygen atoms in total. The van der Waals surface area contributed by atoms with Crippen LogP contribution in [0.25, 0.3) is 0 Å². The summed E-state index contributed by atoms with van der Waals surface area (Å²) in [5.74, 6) is 6.04. The van der Waals surface area contributed by atoms with E-state index >= 15 is 0 Å². The van der Waals surface area contributed by atoms with Crippen molar-refractivity contribution < 1.29 is 4.74 Å². The third kappa shape index (κ3) is 5.83. The second kappa shape index (κ2) is 8.97. The van der Waals surface area contributed by atoms with Crippen molar-refractivity contribution in [3.8, 4) is 11.8 Å². The van der Waals surface area contributed by atoms with Crippen LogP contribution in [0.1, 0.15) is 17.5 Å². The van der Waals surface area contributed by atoms with Gasteiger partial charge in [0.05, 0.1) is 13.2 Å². The molecule has 108 valence electrons. The molecule has 0 aromatic heterocycles. The third-order valence-corrected chi connectivity index (χ3v) is 3.20. The van der Waals surface area contributed by atoms with Crippen LogP contribution in [0.15, 0.2) is 60.7 Å². The first-order valence-electron chi connectivity index (χ1n) is 7.26. The van der Waals surface area contributed by atoms with Gasteiger partial charge in [0.1, 0.15) is 6.10 Å². The molecule has 0 amide bonds. The minimum Gasteiger partial charge on any atom is -0.361 e. The number of nitrogens with two attached hydrogens (primary N) is 1. The largest absolute Gasteiger partial charge is 0.361 e. The van der Waals surface area contributed by atoms with Gasteiger partial charge in [-0.15, -0.1) is 0 Å². The molecule has 2 heteroatoms. The lowest BCUT2D eigenvalue weighted by Gasteiger charge is -2.12. The average Bonchev–Trinajstić information content (AvgIpc) is 2.56. The van der Waals surface area contributed by atoms with Crippen molar-refractivity contribution in [1.29, 1.82) is 0 Å². The molecule has 0 fully saturated rings. The monoisotopic (exact) mass is 279 g/mol. The summed E-state index contributed by atoms with van der Waals surface area (Å²) in [4.78, 5) is 0. The van der Waals surface area contributed by atoms with Gasteiger partial charge in [0.15, 0.2) is 0 Å². The van der Waals surface area contributed by atoms with E-state index in [0.717, 1.165) is 18.4 Å². The van der Waals surface area contributed by atoms with Crippen molar-refractivity contribution in [1.82, 2.24) is 0 Å². The fourth-order valence-electron chi connectivity index (χ4n) is 2.08. The summed E-state index contributed by atoms with van der Waals surface area (Å²) in [7, 11) is 0. The van der Waals surface area contributed by atoms with Gasteiger partial charge in [-0.05, 0) is 24.0 Å². The Kier molecular flexibility index (Phi) is 6.54. The summed E-state index contributed by atoms with van der Waals surface area (Å²) in [6.45, 7) is 0.954. The second-order valence-corrected chi connectivity index (χ2v) is 4.83. The van der Waals surface area contributed by atoms with E-state index in [2.05, 4.69) is 48.2 Å². The molecule has 0 bridgehead atoms. The number of hydrogen-bond acceptors (Lipinski definition) is 2. The number of aryl methyl sites for hydroxylation is 1. The van der Waals surface area contributed by atoms with Gasteiger partial charge in [-0.2, -0.15) is 0 Å². The first-order valence-corrected chi connectivity index (χ1v) is 7.26. The maximum Gasteiger partial charge on any atom is 0.119 e. The highest BCUT2D eigenvalue weighted by atomic mass is 16.5. The lowest BCUT2D eigenvalue weighted by Crippen LogP contribution is -2.12. The molecule has 1 unspecified atom stereocenters. The normalized spacial score (nSPS) is 11.5. The van der Waals surface area contributed by atoms with E-state index < -0.39 is 0 Å². The smallest absolute Gasteiger partial charge is 0.119 e. The molecule has 0 saturated heterocycles. The van der Waals surface area contributed by atoms with Crippen LogP contribution in [0, 0.1) is 11.8 Å². The lowest BCUT2D eigenvalue weighted by molar-refractivity contribution is 0.0728. The van der Waals surface area contributed by atoms with Crippen LogP contribution in [-0.2, 0) is 17.8 Å². The molecule has 2 rings (SSSR count). The molecule has 21 heavy (non-hydrogen) atoms. The molecule has 2 aromatic carbocycles. The second-order valence-electron chi connectivity index (χ2n) is 4.83. The molecule has 1 atom stereocenters. The Morgan fingerprint density at radius 3 is 2.14 bits per heavy atom. The molecule has 0 aliphatic carbocycles. The topological polar surface area (TPSA) is 35.2 Å². The quantitative estimate of drug-likeness (QED) is 0.824. The van der Waals surface area contributed by atoms with E-state index in [1.165, 1.54) is 5.56 Å². The number of rotatable bonds is 6. The molecule has 2 aromatic rings. The van der Waals surface area contributed by atoms with Crippen LogP contribution < -0.4 is 5.73 Å². The van der Waals surface area contributed by atoms with Crippen LogP contribution in [0.5, 0.6) is 0 Å². The Morgan fingerprint density at radius 1 is 0.905 bits per heavy atom. The van der Waals surface area contributed by atoms with Crippen LogP contribution in [0.3, 0.4) is 0 Å². The number of ether oxygens (including phenoxy) is 1. The van der Waals surface area contributed by atoms with Crippen molar-refractivity contribution in [3.63, 3.8) is 0 Å². The van der Waals surface area contributed by atoms with Gasteiger partial charge in [0, 0.05) is 0 Å². The van der Waals surface area contributed by atoms with Crippen molar-refractivity contribution in [2.45, 2.75) is 25.6 Å². The summed E-state index contributed by atoms with van der Waals surface area (Å²) >= 11 is 0. The number of hydrogen-bond donors (Lipinski definition) is 1. The molecular weight excluding hydrogens is 258 g/mol. The molecule has 2 N–H and O–H groups in total. The molecular formula is C19H21NO. The summed E-state index contributed by atoms with van der Waals surface area (Å²) < 4.78 is 5.92. The average molecular weight is 279 g/mol. The van der Waals surface area contributed by atoms with Gasteiger partial charge < -0.3 is 10.5 Å². The van der Waals surface area contributed by atoms with E-state index in [4.69, 9.17) is 10.5 Å². The standard InChI is InChI=1S/C19H21NO/c20-15-7-12-19(14-13-17-8-3-1-4-9-17)21-16-18-10-5-2-6-11-18/h1-6,8-11,19H,13-16,20H2. The van der Waals surface area contributed by atoms with Gasteiger partial charge in [-0.25, -0.2) is 0 Å². The zero-order valence-corrected chi connectivity index (χ0v) is 12.2. The summed E-state index contributed by atoms with van der Waals surface area (Å²) in [5, 5.41) is 0. The molecule has 0 aliphatic rings. The van der Waals surface area contributed by atoms with Crippen LogP contribution in [0.2, 0.25) is 0 Å². The van der Waals surface area contributed by atoms with E-state index in [-0.39, 0.29) is 6.10 Å². The van der Waals surface area contributed by atoms with Gasteiger partial charge in [-0.1, -0.05) is 72.5 Å². The summed E-state index contributed by atoms with van der Waals surface area (Å²) in [6.07, 6.45) is 1.76. The highest BCUT2D eigenvalue weighted by Crippen LogP contribution is 2.10. The maximum atomic E-state index is 5.92. The minimum atomic E-state index is -0.0750. The fraction of sp³-hybridized carbons (Fsp3) is 0.263. The first-order chi connectivity index (χ1) is 10.4. The molecule has 0 heterocycles. The highest BCUT2D eigenvalue weighted by molar-refractivity contribution is 5.17. The Bertz CT molecular complexity index is 525. The van der Waals surface area contributed by atoms with Crippen LogP contribution >= 0.6 is 0 Å². The Hall–Kier alpha value is -2.08. The molecule has 0 radical (unpaired) electrons. The third-order valence-electron chi connectivity index (χ3n) is 3.20. The number of benzene rings is 2. The first kappa shape index (κ1) is 15.3. The highest BCUT2D eigenvalue weighted by Gasteiger charge is 2.06. The van der Waals surface area contributed by atoms with Gasteiger partial charge >= 0.3 is 0 Å². The van der Waals surface area contributed by atoms with Gasteiger partial charge in [0.25, 0.3) is 0 Å². The Balaban J connectivity index is 1.88. The van der Waals surface area contributed by atoms with Crippen molar-refractivity contribution in [2.75, 3.05) is 6.54 Å². The molecule has 0 spiro atoms. The zero-order valence-electron chi connectivity index (χ0n) is 12.2. The fourth-order valence-corrected chi connectivity index (χ4v) is 2.08. The van der Waals surface area contributed by atoms with Crippen LogP contribution in [0.4, 0.5) is 0 Å². The van der Waals surface area contributed by atoms with Crippen molar-refractivity contribution in [3.05, 3.63) is 71.8 Å². The Labute approximate surface area is 126 Å². The Morgan fingerprint density at radius 2 is 1.52 bits per heavy atom. The predicted octanol–water partition coefficient (Wildman–Crippen LogP) is 3.17. The summed E-state index contributed by atoms with van der Waals surface area (Å²) in [6, 6.07) is 20.6. The SMILES string of the molecule is NCC#CC(CCc1ccccc1)OCc1ccccc1. The van der Waals surface area contributed by atoms with Crippen molar-refractivity contribution >= 4 is 0 Å². The van der Waals surface area contributed by atoms with E-state index in [0.29, 0.717) is 13.2 Å². The van der Waals surface area contributed by atoms with E-state index in [1.807, 2.05) is 24.3 Å². The van der Waals surface area contributed by atoms with Crippen LogP contribution in [-0.4, -0.2) is 12.6 Å². The van der Waals surface area contributed by atoms with E-state index in [1.54, 1.807) is 0 Å². The maximum absolute atomic E-state index is 5.92. The van der Waals surface area contributed by atoms with Gasteiger partial charge in [0.2, 0.25) is 0 Å². The van der Waals surface area contributed by atoms with Crippen molar-refractivity contribution in [2.24, 2.45) is 5.73 Å². The lowest BCUT2D eigenvalue weighted by atomic mass is 10.1. The minimum absolute atomic E-state index is 0.0750. The van der Waals surface area contributed by atoms with Gasteiger partial charge in [-0.3, -0.25) is 0 Å². The molecule has 0 aliphatic heterocycles. The predicted molar refractivity (Wildman–Crippen MR) is 86.6 cm³/mol. The van der Waals surface area contributed by atoms with E-state index in [9.17, 15) is 0 Å². The summed E-state index contributed by atoms with van der Waals surface area (Å²) in [5.41, 5.74) is 7.93.